The number of aromatic amines is 1. The van der Waals surface area contributed by atoms with E-state index in [9.17, 15) is 9.18 Å². The summed E-state index contributed by atoms with van der Waals surface area (Å²) in [4.78, 5) is 15.9. The van der Waals surface area contributed by atoms with Crippen LogP contribution in [0.2, 0.25) is 0 Å². The van der Waals surface area contributed by atoms with Gasteiger partial charge in [-0.1, -0.05) is 19.4 Å². The zero-order valence-electron chi connectivity index (χ0n) is 18.7. The first kappa shape index (κ1) is 22.3. The van der Waals surface area contributed by atoms with Crippen molar-refractivity contribution < 1.29 is 13.9 Å². The van der Waals surface area contributed by atoms with E-state index in [1.165, 1.54) is 29.8 Å². The average molecular weight is 444 g/mol. The first-order chi connectivity index (χ1) is 16.1. The van der Waals surface area contributed by atoms with Gasteiger partial charge in [0, 0.05) is 22.0 Å². The molecule has 0 saturated heterocycles. The molecule has 0 aliphatic carbocycles. The van der Waals surface area contributed by atoms with Crippen molar-refractivity contribution in [1.29, 1.82) is 0 Å². The van der Waals surface area contributed by atoms with Crippen LogP contribution in [0.3, 0.4) is 0 Å². The predicted octanol–water partition coefficient (Wildman–Crippen LogP) is 6.09. The van der Waals surface area contributed by atoms with E-state index >= 15 is 0 Å². The standard InChI is InChI=1S/C27H26FN3O2/c1-3-4-5-18-6-15-25-23(16-18)24(26(30-25)19-9-13-22(33-2)14-10-19)17-29-31-27(32)20-7-11-21(28)12-8-20/h6-17,30H,3-5H2,1-2H3,(H,31,32)/b29-17+. The van der Waals surface area contributed by atoms with E-state index in [-0.39, 0.29) is 0 Å². The summed E-state index contributed by atoms with van der Waals surface area (Å²) in [6.07, 6.45) is 4.92. The fraction of sp³-hybridized carbons (Fsp3) is 0.185. The van der Waals surface area contributed by atoms with Gasteiger partial charge in [0.05, 0.1) is 19.0 Å². The third-order valence-corrected chi connectivity index (χ3v) is 5.57. The number of rotatable bonds is 8. The van der Waals surface area contributed by atoms with Gasteiger partial charge in [-0.05, 0) is 84.6 Å². The molecule has 0 aliphatic heterocycles. The van der Waals surface area contributed by atoms with Gasteiger partial charge in [0.1, 0.15) is 11.6 Å². The lowest BCUT2D eigenvalue weighted by Crippen LogP contribution is -2.17. The summed E-state index contributed by atoms with van der Waals surface area (Å²) < 4.78 is 18.4. The Morgan fingerprint density at radius 3 is 2.55 bits per heavy atom. The van der Waals surface area contributed by atoms with E-state index in [0.717, 1.165) is 52.7 Å². The van der Waals surface area contributed by atoms with Gasteiger partial charge in [0.2, 0.25) is 0 Å². The number of unbranched alkanes of at least 4 members (excludes halogenated alkanes) is 1. The molecule has 3 aromatic carbocycles. The number of aryl methyl sites for hydroxylation is 1. The van der Waals surface area contributed by atoms with E-state index in [0.29, 0.717) is 5.56 Å². The molecule has 0 fully saturated rings. The number of carbonyl (C=O) groups excluding carboxylic acids is 1. The molecular weight excluding hydrogens is 417 g/mol. The second kappa shape index (κ2) is 10.1. The maximum absolute atomic E-state index is 13.1. The molecule has 1 aromatic heterocycles. The van der Waals surface area contributed by atoms with E-state index in [1.807, 2.05) is 24.3 Å². The summed E-state index contributed by atoms with van der Waals surface area (Å²) >= 11 is 0. The highest BCUT2D eigenvalue weighted by molar-refractivity contribution is 6.06. The summed E-state index contributed by atoms with van der Waals surface area (Å²) in [6.45, 7) is 2.18. The van der Waals surface area contributed by atoms with E-state index in [2.05, 4.69) is 40.6 Å². The number of methoxy groups -OCH3 is 1. The average Bonchev–Trinajstić information content (AvgIpc) is 3.21. The Morgan fingerprint density at radius 2 is 1.85 bits per heavy atom. The second-order valence-corrected chi connectivity index (χ2v) is 7.83. The molecule has 33 heavy (non-hydrogen) atoms. The Bertz CT molecular complexity index is 1280. The van der Waals surface area contributed by atoms with Crippen LogP contribution in [0.5, 0.6) is 5.75 Å². The molecule has 4 rings (SSSR count). The largest absolute Gasteiger partial charge is 0.497 e. The highest BCUT2D eigenvalue weighted by Gasteiger charge is 2.13. The molecule has 1 heterocycles. The van der Waals surface area contributed by atoms with Crippen molar-refractivity contribution in [3.63, 3.8) is 0 Å². The van der Waals surface area contributed by atoms with Crippen LogP contribution < -0.4 is 10.2 Å². The number of carbonyl (C=O) groups is 1. The molecule has 0 radical (unpaired) electrons. The van der Waals surface area contributed by atoms with Gasteiger partial charge in [-0.25, -0.2) is 9.82 Å². The highest BCUT2D eigenvalue weighted by Crippen LogP contribution is 2.31. The topological polar surface area (TPSA) is 66.5 Å². The molecule has 2 N–H and O–H groups in total. The third kappa shape index (κ3) is 5.12. The van der Waals surface area contributed by atoms with E-state index in [1.54, 1.807) is 13.3 Å². The minimum atomic E-state index is -0.402. The molecule has 0 saturated carbocycles. The fourth-order valence-corrected chi connectivity index (χ4v) is 3.74. The number of hydrogen-bond acceptors (Lipinski definition) is 3. The van der Waals surface area contributed by atoms with Crippen molar-refractivity contribution in [2.75, 3.05) is 7.11 Å². The zero-order valence-corrected chi connectivity index (χ0v) is 18.7. The van der Waals surface area contributed by atoms with Crippen LogP contribution in [0.4, 0.5) is 4.39 Å². The number of amides is 1. The number of ether oxygens (including phenoxy) is 1. The normalized spacial score (nSPS) is 11.2. The summed E-state index contributed by atoms with van der Waals surface area (Å²) in [5.74, 6) is -0.0175. The van der Waals surface area contributed by atoms with Gasteiger partial charge in [0.25, 0.3) is 5.91 Å². The summed E-state index contributed by atoms with van der Waals surface area (Å²) in [5, 5.41) is 5.25. The minimum Gasteiger partial charge on any atom is -0.497 e. The molecule has 0 spiro atoms. The van der Waals surface area contributed by atoms with Crippen molar-refractivity contribution in [3.05, 3.63) is 89.2 Å². The number of hydrogen-bond donors (Lipinski definition) is 2. The number of nitrogens with one attached hydrogen (secondary N) is 2. The fourth-order valence-electron chi connectivity index (χ4n) is 3.74. The number of nitrogens with zero attached hydrogens (tertiary/aromatic N) is 1. The van der Waals surface area contributed by atoms with Crippen molar-refractivity contribution in [2.45, 2.75) is 26.2 Å². The lowest BCUT2D eigenvalue weighted by Gasteiger charge is -2.04. The van der Waals surface area contributed by atoms with Crippen molar-refractivity contribution in [2.24, 2.45) is 5.10 Å². The van der Waals surface area contributed by atoms with Gasteiger partial charge < -0.3 is 9.72 Å². The molecule has 0 aliphatic rings. The Hall–Kier alpha value is -3.93. The van der Waals surface area contributed by atoms with Crippen molar-refractivity contribution in [3.8, 4) is 17.0 Å². The number of fused-ring (bicyclic) bond motifs is 1. The maximum atomic E-state index is 13.1. The second-order valence-electron chi connectivity index (χ2n) is 7.83. The van der Waals surface area contributed by atoms with Crippen molar-refractivity contribution >= 4 is 23.0 Å². The SMILES string of the molecule is CCCCc1ccc2[nH]c(-c3ccc(OC)cc3)c(/C=N/NC(=O)c3ccc(F)cc3)c2c1. The van der Waals surface area contributed by atoms with Crippen LogP contribution in [0.1, 0.15) is 41.3 Å². The van der Waals surface area contributed by atoms with E-state index < -0.39 is 11.7 Å². The van der Waals surface area contributed by atoms with Crippen LogP contribution in [-0.4, -0.2) is 24.2 Å². The lowest BCUT2D eigenvalue weighted by molar-refractivity contribution is 0.0955. The van der Waals surface area contributed by atoms with Crippen LogP contribution in [0, 0.1) is 5.82 Å². The Balaban J connectivity index is 1.69. The van der Waals surface area contributed by atoms with Crippen LogP contribution in [-0.2, 0) is 6.42 Å². The Labute approximate surface area is 192 Å². The molecule has 0 bridgehead atoms. The number of aromatic nitrogens is 1. The molecular formula is C27H26FN3O2. The lowest BCUT2D eigenvalue weighted by atomic mass is 10.0. The molecule has 4 aromatic rings. The predicted molar refractivity (Wildman–Crippen MR) is 130 cm³/mol. The molecule has 1 amide bonds. The van der Waals surface area contributed by atoms with Gasteiger partial charge >= 0.3 is 0 Å². The molecule has 5 nitrogen and oxygen atoms in total. The first-order valence-electron chi connectivity index (χ1n) is 11.0. The quantitative estimate of drug-likeness (QED) is 0.256. The van der Waals surface area contributed by atoms with Gasteiger partial charge in [0.15, 0.2) is 0 Å². The number of halogens is 1. The van der Waals surface area contributed by atoms with Crippen molar-refractivity contribution in [1.82, 2.24) is 10.4 Å². The summed E-state index contributed by atoms with van der Waals surface area (Å²) in [5.41, 5.74) is 7.90. The maximum Gasteiger partial charge on any atom is 0.271 e. The molecule has 0 unspecified atom stereocenters. The highest BCUT2D eigenvalue weighted by atomic mass is 19.1. The van der Waals surface area contributed by atoms with Crippen LogP contribution in [0.15, 0.2) is 71.8 Å². The number of H-pyrrole nitrogens is 1. The van der Waals surface area contributed by atoms with Gasteiger partial charge in [-0.2, -0.15) is 5.10 Å². The molecule has 6 heteroatoms. The van der Waals surface area contributed by atoms with Crippen LogP contribution in [0.25, 0.3) is 22.2 Å². The zero-order chi connectivity index (χ0) is 23.2. The molecule has 168 valence electrons. The van der Waals surface area contributed by atoms with Gasteiger partial charge in [-0.15, -0.1) is 0 Å². The third-order valence-electron chi connectivity index (χ3n) is 5.57. The van der Waals surface area contributed by atoms with Gasteiger partial charge in [-0.3, -0.25) is 4.79 Å². The smallest absolute Gasteiger partial charge is 0.271 e. The monoisotopic (exact) mass is 443 g/mol. The number of hydrazone groups is 1. The summed E-state index contributed by atoms with van der Waals surface area (Å²) in [6, 6.07) is 19.5. The Morgan fingerprint density at radius 1 is 1.09 bits per heavy atom. The van der Waals surface area contributed by atoms with E-state index in [4.69, 9.17) is 4.74 Å². The van der Waals surface area contributed by atoms with Crippen LogP contribution >= 0.6 is 0 Å². The minimum absolute atomic E-state index is 0.338. The Kier molecular flexibility index (Phi) is 6.83. The summed E-state index contributed by atoms with van der Waals surface area (Å²) in [7, 11) is 1.64. The molecule has 0 atom stereocenters. The number of benzene rings is 3. The first-order valence-corrected chi connectivity index (χ1v) is 11.0.